The van der Waals surface area contributed by atoms with Gasteiger partial charge in [-0.1, -0.05) is 78.9 Å². The zero-order valence-electron chi connectivity index (χ0n) is 15.3. The van der Waals surface area contributed by atoms with Crippen LogP contribution in [0.15, 0.2) is 72.8 Å². The number of anilines is 1. The van der Waals surface area contributed by atoms with Crippen LogP contribution in [0, 0.1) is 0 Å². The van der Waals surface area contributed by atoms with Crippen molar-refractivity contribution in [2.45, 2.75) is 19.4 Å². The zero-order chi connectivity index (χ0) is 19.3. The molecule has 5 nitrogen and oxygen atoms in total. The molecule has 1 amide bonds. The lowest BCUT2D eigenvalue weighted by atomic mass is 10.1. The number of nitrogens with one attached hydrogen (secondary N) is 1. The Bertz CT molecular complexity index is 1100. The Morgan fingerprint density at radius 3 is 2.54 bits per heavy atom. The highest BCUT2D eigenvalue weighted by Crippen LogP contribution is 2.27. The Kier molecular flexibility index (Phi) is 5.30. The molecule has 28 heavy (non-hydrogen) atoms. The van der Waals surface area contributed by atoms with Crippen molar-refractivity contribution in [1.29, 1.82) is 0 Å². The van der Waals surface area contributed by atoms with Gasteiger partial charge in [0.15, 0.2) is 6.10 Å². The van der Waals surface area contributed by atoms with Crippen LogP contribution in [-0.4, -0.2) is 22.2 Å². The molecule has 6 heteroatoms. The number of nitrogens with zero attached hydrogens (tertiary/aromatic N) is 2. The van der Waals surface area contributed by atoms with Crippen molar-refractivity contribution in [2.75, 3.05) is 5.32 Å². The monoisotopic (exact) mass is 389 g/mol. The maximum Gasteiger partial charge on any atom is 0.267 e. The van der Waals surface area contributed by atoms with Gasteiger partial charge in [0.05, 0.1) is 0 Å². The van der Waals surface area contributed by atoms with E-state index in [1.54, 1.807) is 0 Å². The van der Waals surface area contributed by atoms with Crippen LogP contribution in [0.3, 0.4) is 0 Å². The quantitative estimate of drug-likeness (QED) is 0.495. The van der Waals surface area contributed by atoms with Gasteiger partial charge >= 0.3 is 0 Å². The number of hydrogen-bond donors (Lipinski definition) is 1. The smallest absolute Gasteiger partial charge is 0.267 e. The average molecular weight is 389 g/mol. The van der Waals surface area contributed by atoms with Gasteiger partial charge in [-0.3, -0.25) is 10.1 Å². The Labute approximate surface area is 167 Å². The number of fused-ring (bicyclic) bond motifs is 1. The van der Waals surface area contributed by atoms with Crippen LogP contribution in [0.5, 0.6) is 5.75 Å². The van der Waals surface area contributed by atoms with Crippen molar-refractivity contribution in [3.63, 3.8) is 0 Å². The molecule has 1 N–H and O–H groups in total. The van der Waals surface area contributed by atoms with Crippen LogP contribution in [0.25, 0.3) is 21.3 Å². The van der Waals surface area contributed by atoms with E-state index >= 15 is 0 Å². The summed E-state index contributed by atoms with van der Waals surface area (Å²) in [4.78, 5) is 12.7. The Morgan fingerprint density at radius 2 is 1.75 bits per heavy atom. The van der Waals surface area contributed by atoms with Crippen LogP contribution < -0.4 is 10.1 Å². The van der Waals surface area contributed by atoms with E-state index in [2.05, 4.69) is 15.5 Å². The summed E-state index contributed by atoms with van der Waals surface area (Å²) in [6.45, 7) is 1.92. The van der Waals surface area contributed by atoms with Crippen molar-refractivity contribution in [3.8, 4) is 16.3 Å². The van der Waals surface area contributed by atoms with E-state index in [1.807, 2.05) is 79.7 Å². The van der Waals surface area contributed by atoms with Crippen LogP contribution in [0.4, 0.5) is 5.13 Å². The summed E-state index contributed by atoms with van der Waals surface area (Å²) in [6, 6.07) is 23.6. The summed E-state index contributed by atoms with van der Waals surface area (Å²) in [7, 11) is 0. The predicted molar refractivity (Wildman–Crippen MR) is 113 cm³/mol. The van der Waals surface area contributed by atoms with Gasteiger partial charge in [0.1, 0.15) is 10.8 Å². The van der Waals surface area contributed by atoms with E-state index in [9.17, 15) is 4.79 Å². The zero-order valence-corrected chi connectivity index (χ0v) is 16.1. The highest BCUT2D eigenvalue weighted by atomic mass is 32.1. The lowest BCUT2D eigenvalue weighted by Gasteiger charge is -2.16. The summed E-state index contributed by atoms with van der Waals surface area (Å²) in [5.41, 5.74) is 0.972. The number of ether oxygens (including phenoxy) is 1. The first-order valence-electron chi connectivity index (χ1n) is 9.08. The number of rotatable bonds is 6. The highest BCUT2D eigenvalue weighted by molar-refractivity contribution is 7.18. The molecule has 0 saturated heterocycles. The minimum absolute atomic E-state index is 0.230. The molecule has 0 radical (unpaired) electrons. The lowest BCUT2D eigenvalue weighted by molar-refractivity contribution is -0.122. The van der Waals surface area contributed by atoms with Gasteiger partial charge < -0.3 is 4.74 Å². The first kappa shape index (κ1) is 18.1. The van der Waals surface area contributed by atoms with Crippen molar-refractivity contribution >= 4 is 33.1 Å². The van der Waals surface area contributed by atoms with Gasteiger partial charge in [-0.15, -0.1) is 10.2 Å². The van der Waals surface area contributed by atoms with Gasteiger partial charge in [-0.2, -0.15) is 0 Å². The van der Waals surface area contributed by atoms with Crippen molar-refractivity contribution < 1.29 is 9.53 Å². The third-order valence-corrected chi connectivity index (χ3v) is 5.23. The second kappa shape index (κ2) is 8.19. The van der Waals surface area contributed by atoms with E-state index in [0.717, 1.165) is 21.3 Å². The molecule has 140 valence electrons. The fourth-order valence-electron chi connectivity index (χ4n) is 2.88. The largest absolute Gasteiger partial charge is 0.481 e. The van der Waals surface area contributed by atoms with Gasteiger partial charge in [0, 0.05) is 5.56 Å². The van der Waals surface area contributed by atoms with E-state index in [0.29, 0.717) is 17.3 Å². The lowest BCUT2D eigenvalue weighted by Crippen LogP contribution is -2.32. The Balaban J connectivity index is 1.46. The van der Waals surface area contributed by atoms with Crippen molar-refractivity contribution in [3.05, 3.63) is 72.8 Å². The number of hydrogen-bond acceptors (Lipinski definition) is 5. The fourth-order valence-corrected chi connectivity index (χ4v) is 3.64. The van der Waals surface area contributed by atoms with E-state index in [1.165, 1.54) is 11.3 Å². The molecule has 0 bridgehead atoms. The SMILES string of the molecule is CCC(Oc1ccc2ccccc2c1)C(=O)Nc1nnc(-c2ccccc2)s1. The highest BCUT2D eigenvalue weighted by Gasteiger charge is 2.20. The first-order valence-corrected chi connectivity index (χ1v) is 9.90. The molecule has 0 aliphatic carbocycles. The van der Waals surface area contributed by atoms with Gasteiger partial charge in [0.25, 0.3) is 5.91 Å². The molecule has 4 rings (SSSR count). The number of amides is 1. The summed E-state index contributed by atoms with van der Waals surface area (Å²) in [5.74, 6) is 0.439. The Morgan fingerprint density at radius 1 is 1.00 bits per heavy atom. The predicted octanol–water partition coefficient (Wildman–Crippen LogP) is 5.15. The van der Waals surface area contributed by atoms with Gasteiger partial charge in [-0.05, 0) is 29.3 Å². The number of carbonyl (C=O) groups is 1. The molecule has 0 aliphatic heterocycles. The van der Waals surface area contributed by atoms with Crippen molar-refractivity contribution in [1.82, 2.24) is 10.2 Å². The Hall–Kier alpha value is -3.25. The number of benzene rings is 3. The molecule has 0 aliphatic rings. The summed E-state index contributed by atoms with van der Waals surface area (Å²) in [6.07, 6.45) is -0.0616. The molecule has 1 unspecified atom stereocenters. The minimum atomic E-state index is -0.606. The van der Waals surface area contributed by atoms with E-state index < -0.39 is 6.10 Å². The standard InChI is InChI=1S/C22H19N3O2S/c1-2-19(27-18-13-12-15-8-6-7-11-17(15)14-18)20(26)23-22-25-24-21(28-22)16-9-4-3-5-10-16/h3-14,19H,2H2,1H3,(H,23,25,26). The number of aromatic nitrogens is 2. The molecule has 0 saturated carbocycles. The minimum Gasteiger partial charge on any atom is -0.481 e. The maximum atomic E-state index is 12.7. The van der Waals surface area contributed by atoms with Crippen LogP contribution >= 0.6 is 11.3 Å². The third-order valence-electron chi connectivity index (χ3n) is 4.34. The molecule has 1 aromatic heterocycles. The fraction of sp³-hybridized carbons (Fsp3) is 0.136. The summed E-state index contributed by atoms with van der Waals surface area (Å²) in [5, 5.41) is 14.5. The molecular weight excluding hydrogens is 370 g/mol. The molecule has 1 atom stereocenters. The van der Waals surface area contributed by atoms with Gasteiger partial charge in [-0.25, -0.2) is 0 Å². The molecule has 4 aromatic rings. The van der Waals surface area contributed by atoms with E-state index in [4.69, 9.17) is 4.74 Å². The van der Waals surface area contributed by atoms with Gasteiger partial charge in [0.2, 0.25) is 5.13 Å². The molecule has 1 heterocycles. The molecule has 0 fully saturated rings. The molecule has 0 spiro atoms. The third kappa shape index (κ3) is 4.02. The molecule has 3 aromatic carbocycles. The van der Waals surface area contributed by atoms with E-state index in [-0.39, 0.29) is 5.91 Å². The van der Waals surface area contributed by atoms with Crippen LogP contribution in [-0.2, 0) is 4.79 Å². The molecular formula is C22H19N3O2S. The number of carbonyl (C=O) groups excluding carboxylic acids is 1. The normalized spacial score (nSPS) is 11.9. The summed E-state index contributed by atoms with van der Waals surface area (Å²) < 4.78 is 5.94. The maximum absolute atomic E-state index is 12.7. The first-order chi connectivity index (χ1) is 13.7. The second-order valence-corrected chi connectivity index (χ2v) is 7.27. The second-order valence-electron chi connectivity index (χ2n) is 6.29. The topological polar surface area (TPSA) is 64.1 Å². The summed E-state index contributed by atoms with van der Waals surface area (Å²) >= 11 is 1.34. The van der Waals surface area contributed by atoms with Crippen LogP contribution in [0.2, 0.25) is 0 Å². The van der Waals surface area contributed by atoms with Crippen molar-refractivity contribution in [2.24, 2.45) is 0 Å². The van der Waals surface area contributed by atoms with Crippen LogP contribution in [0.1, 0.15) is 13.3 Å². The average Bonchev–Trinajstić information content (AvgIpc) is 3.21.